The van der Waals surface area contributed by atoms with E-state index in [1.165, 1.54) is 6.07 Å². The topological polar surface area (TPSA) is 64.4 Å². The molecule has 1 saturated carbocycles. The Morgan fingerprint density at radius 1 is 1.30 bits per heavy atom. The van der Waals surface area contributed by atoms with Gasteiger partial charge < -0.3 is 10.1 Å². The first-order valence-corrected chi connectivity index (χ1v) is 7.28. The molecule has 0 radical (unpaired) electrons. The molecule has 0 heterocycles. The van der Waals surface area contributed by atoms with E-state index in [1.807, 2.05) is 6.07 Å². The zero-order chi connectivity index (χ0) is 14.4. The van der Waals surface area contributed by atoms with Crippen molar-refractivity contribution in [3.63, 3.8) is 0 Å². The first kappa shape index (κ1) is 14.9. The Morgan fingerprint density at radius 2 is 2.00 bits per heavy atom. The van der Waals surface area contributed by atoms with Crippen LogP contribution in [0.5, 0.6) is 0 Å². The third kappa shape index (κ3) is 4.02. The SMILES string of the molecule is CCNC1CCC(OCc2ccccc2[N+](=O)[O-])CC1. The Morgan fingerprint density at radius 3 is 2.65 bits per heavy atom. The number of nitrogens with one attached hydrogen (secondary N) is 1. The molecule has 0 atom stereocenters. The number of hydrogen-bond donors (Lipinski definition) is 1. The highest BCUT2D eigenvalue weighted by molar-refractivity contribution is 5.39. The zero-order valence-electron chi connectivity index (χ0n) is 11.9. The minimum absolute atomic E-state index is 0.147. The number of nitro groups is 1. The van der Waals surface area contributed by atoms with Crippen molar-refractivity contribution in [3.05, 3.63) is 39.9 Å². The molecule has 1 fully saturated rings. The monoisotopic (exact) mass is 278 g/mol. The summed E-state index contributed by atoms with van der Waals surface area (Å²) in [5.74, 6) is 0. The fourth-order valence-corrected chi connectivity index (χ4v) is 2.74. The van der Waals surface area contributed by atoms with E-state index in [4.69, 9.17) is 4.74 Å². The van der Waals surface area contributed by atoms with Gasteiger partial charge in [-0.1, -0.05) is 19.1 Å². The van der Waals surface area contributed by atoms with Gasteiger partial charge in [0.1, 0.15) is 0 Å². The van der Waals surface area contributed by atoms with Gasteiger partial charge in [0.15, 0.2) is 0 Å². The van der Waals surface area contributed by atoms with Gasteiger partial charge in [-0.3, -0.25) is 10.1 Å². The number of nitro benzene ring substituents is 1. The normalized spacial score (nSPS) is 22.6. The van der Waals surface area contributed by atoms with Gasteiger partial charge in [0.25, 0.3) is 5.69 Å². The summed E-state index contributed by atoms with van der Waals surface area (Å²) in [6.45, 7) is 3.46. The standard InChI is InChI=1S/C15H22N2O3/c1-2-16-13-7-9-14(10-8-13)20-11-12-5-3-4-6-15(12)17(18)19/h3-6,13-14,16H,2,7-11H2,1H3. The number of benzene rings is 1. The summed E-state index contributed by atoms with van der Waals surface area (Å²) in [7, 11) is 0. The maximum Gasteiger partial charge on any atom is 0.274 e. The molecule has 1 aromatic rings. The quantitative estimate of drug-likeness (QED) is 0.641. The van der Waals surface area contributed by atoms with E-state index in [-0.39, 0.29) is 16.7 Å². The van der Waals surface area contributed by atoms with E-state index < -0.39 is 0 Å². The summed E-state index contributed by atoms with van der Waals surface area (Å²) < 4.78 is 5.85. The molecule has 0 spiro atoms. The maximum absolute atomic E-state index is 10.9. The third-order valence-corrected chi connectivity index (χ3v) is 3.83. The van der Waals surface area contributed by atoms with E-state index in [2.05, 4.69) is 12.2 Å². The molecule has 0 aliphatic heterocycles. The molecule has 0 amide bonds. The molecule has 1 aliphatic rings. The van der Waals surface area contributed by atoms with Crippen molar-refractivity contribution in [1.29, 1.82) is 0 Å². The Kier molecular flexibility index (Phi) is 5.49. The second-order valence-corrected chi connectivity index (χ2v) is 5.23. The largest absolute Gasteiger partial charge is 0.373 e. The van der Waals surface area contributed by atoms with Gasteiger partial charge in [0.2, 0.25) is 0 Å². The minimum atomic E-state index is -0.346. The molecule has 5 heteroatoms. The number of hydrogen-bond acceptors (Lipinski definition) is 4. The van der Waals surface area contributed by atoms with Crippen LogP contribution < -0.4 is 5.32 Å². The van der Waals surface area contributed by atoms with E-state index >= 15 is 0 Å². The second kappa shape index (κ2) is 7.36. The Balaban J connectivity index is 1.83. The van der Waals surface area contributed by atoms with Crippen LogP contribution in [-0.2, 0) is 11.3 Å². The molecule has 0 saturated heterocycles. The summed E-state index contributed by atoms with van der Waals surface area (Å²) in [6, 6.07) is 7.39. The minimum Gasteiger partial charge on any atom is -0.373 e. The Bertz CT molecular complexity index is 442. The van der Waals surface area contributed by atoms with Crippen molar-refractivity contribution in [3.8, 4) is 0 Å². The average molecular weight is 278 g/mol. The van der Waals surface area contributed by atoms with Crippen molar-refractivity contribution < 1.29 is 9.66 Å². The summed E-state index contributed by atoms with van der Waals surface area (Å²) in [4.78, 5) is 10.6. The third-order valence-electron chi connectivity index (χ3n) is 3.83. The fourth-order valence-electron chi connectivity index (χ4n) is 2.74. The lowest BCUT2D eigenvalue weighted by Crippen LogP contribution is -2.35. The molecule has 1 aromatic carbocycles. The molecule has 110 valence electrons. The van der Waals surface area contributed by atoms with Crippen molar-refractivity contribution in [2.45, 2.75) is 51.4 Å². The van der Waals surface area contributed by atoms with Crippen LogP contribution in [0.15, 0.2) is 24.3 Å². The highest BCUT2D eigenvalue weighted by Gasteiger charge is 2.22. The van der Waals surface area contributed by atoms with Gasteiger partial charge in [-0.2, -0.15) is 0 Å². The first-order valence-electron chi connectivity index (χ1n) is 7.28. The Labute approximate surface area is 119 Å². The number of ether oxygens (including phenoxy) is 1. The second-order valence-electron chi connectivity index (χ2n) is 5.23. The zero-order valence-corrected chi connectivity index (χ0v) is 11.9. The summed E-state index contributed by atoms with van der Waals surface area (Å²) >= 11 is 0. The van der Waals surface area contributed by atoms with Gasteiger partial charge in [-0.25, -0.2) is 0 Å². The Hall–Kier alpha value is -1.46. The van der Waals surface area contributed by atoms with Crippen molar-refractivity contribution in [2.75, 3.05) is 6.54 Å². The maximum atomic E-state index is 10.9. The van der Waals surface area contributed by atoms with Crippen LogP contribution in [-0.4, -0.2) is 23.6 Å². The van der Waals surface area contributed by atoms with Crippen LogP contribution in [0.1, 0.15) is 38.2 Å². The molecule has 20 heavy (non-hydrogen) atoms. The lowest BCUT2D eigenvalue weighted by atomic mass is 9.93. The van der Waals surface area contributed by atoms with E-state index in [0.717, 1.165) is 32.2 Å². The molecule has 1 aliphatic carbocycles. The molecule has 0 bridgehead atoms. The molecule has 0 aromatic heterocycles. The van der Waals surface area contributed by atoms with Crippen molar-refractivity contribution in [1.82, 2.24) is 5.32 Å². The van der Waals surface area contributed by atoms with Crippen LogP contribution in [0.25, 0.3) is 0 Å². The highest BCUT2D eigenvalue weighted by Crippen LogP contribution is 2.24. The smallest absolute Gasteiger partial charge is 0.274 e. The van der Waals surface area contributed by atoms with Crippen LogP contribution in [0.4, 0.5) is 5.69 Å². The molecular formula is C15H22N2O3. The lowest BCUT2D eigenvalue weighted by Gasteiger charge is -2.29. The van der Waals surface area contributed by atoms with Crippen molar-refractivity contribution in [2.24, 2.45) is 0 Å². The van der Waals surface area contributed by atoms with E-state index in [9.17, 15) is 10.1 Å². The molecule has 2 rings (SSSR count). The van der Waals surface area contributed by atoms with Crippen LogP contribution >= 0.6 is 0 Å². The van der Waals surface area contributed by atoms with Gasteiger partial charge in [-0.15, -0.1) is 0 Å². The van der Waals surface area contributed by atoms with E-state index in [0.29, 0.717) is 18.2 Å². The molecular weight excluding hydrogens is 256 g/mol. The number of nitrogens with zero attached hydrogens (tertiary/aromatic N) is 1. The summed E-state index contributed by atoms with van der Waals surface area (Å²) in [5.41, 5.74) is 0.806. The molecule has 0 unspecified atom stereocenters. The van der Waals surface area contributed by atoms with E-state index in [1.54, 1.807) is 12.1 Å². The summed E-state index contributed by atoms with van der Waals surface area (Å²) in [6.07, 6.45) is 4.52. The average Bonchev–Trinajstić information content (AvgIpc) is 2.47. The number of rotatable bonds is 6. The van der Waals surface area contributed by atoms with Gasteiger partial charge in [0, 0.05) is 12.1 Å². The highest BCUT2D eigenvalue weighted by atomic mass is 16.6. The summed E-state index contributed by atoms with van der Waals surface area (Å²) in [5, 5.41) is 14.4. The fraction of sp³-hybridized carbons (Fsp3) is 0.600. The van der Waals surface area contributed by atoms with Crippen LogP contribution in [0.2, 0.25) is 0 Å². The van der Waals surface area contributed by atoms with Gasteiger partial charge in [0.05, 0.1) is 23.2 Å². The molecule has 5 nitrogen and oxygen atoms in total. The van der Waals surface area contributed by atoms with Crippen molar-refractivity contribution >= 4 is 5.69 Å². The number of para-hydroxylation sites is 1. The van der Waals surface area contributed by atoms with Gasteiger partial charge in [-0.05, 0) is 38.3 Å². The lowest BCUT2D eigenvalue weighted by molar-refractivity contribution is -0.386. The molecule has 1 N–H and O–H groups in total. The van der Waals surface area contributed by atoms with Gasteiger partial charge >= 0.3 is 0 Å². The van der Waals surface area contributed by atoms with Crippen LogP contribution in [0, 0.1) is 10.1 Å². The predicted molar refractivity (Wildman–Crippen MR) is 77.6 cm³/mol. The van der Waals surface area contributed by atoms with Crippen LogP contribution in [0.3, 0.4) is 0 Å². The first-order chi connectivity index (χ1) is 9.70. The predicted octanol–water partition coefficient (Wildman–Crippen LogP) is 3.03.